The topological polar surface area (TPSA) is 313 Å². The molecule has 28 heteroatoms. The summed E-state index contributed by atoms with van der Waals surface area (Å²) in [7, 11) is -8.04. The van der Waals surface area contributed by atoms with Crippen LogP contribution in [-0.4, -0.2) is 96.5 Å². The fourth-order valence-electron chi connectivity index (χ4n) is 8.17. The quantitative estimate of drug-likeness (QED) is 0.0723. The van der Waals surface area contributed by atoms with Crippen LogP contribution in [0, 0.1) is 39.3 Å². The van der Waals surface area contributed by atoms with Gasteiger partial charge in [0.25, 0.3) is 0 Å². The van der Waals surface area contributed by atoms with Crippen molar-refractivity contribution in [2.45, 2.75) is 56.3 Å². The molecule has 0 amide bonds. The fraction of sp³-hybridized carbons (Fsp3) is 0.143. The minimum Gasteiger partial charge on any atom is -0.461 e. The first kappa shape index (κ1) is 61.6. The van der Waals surface area contributed by atoms with Gasteiger partial charge in [-0.15, -0.1) is 40.8 Å². The number of halogens is 5. The van der Waals surface area contributed by atoms with Crippen LogP contribution in [0.4, 0.5) is 8.78 Å². The van der Waals surface area contributed by atoms with Gasteiger partial charge in [-0.3, -0.25) is 14.6 Å². The molecular weight excluding hydrogens is 1230 g/mol. The van der Waals surface area contributed by atoms with E-state index < -0.39 is 47.4 Å². The monoisotopic (exact) mass is 1280 g/mol. The van der Waals surface area contributed by atoms with Crippen molar-refractivity contribution < 1.29 is 39.9 Å². The number of hydrogen-bond acceptors (Lipinski definition) is 17. The first-order valence-corrected chi connectivity index (χ1v) is 29.7. The van der Waals surface area contributed by atoms with E-state index in [9.17, 15) is 35.2 Å². The van der Waals surface area contributed by atoms with Crippen molar-refractivity contribution >= 4 is 137 Å². The number of primary sulfonamides is 2. The van der Waals surface area contributed by atoms with Gasteiger partial charge in [-0.2, -0.15) is 10.2 Å². The Bertz CT molecular complexity index is 4740. The maximum Gasteiger partial charge on any atom is 0.360 e. The molecule has 0 fully saturated rings. The number of hydrogen-bond donors (Lipinski definition) is 3. The number of nitrogens with two attached hydrogens (primary N) is 2. The van der Waals surface area contributed by atoms with Gasteiger partial charge in [0.05, 0.1) is 68.7 Å². The summed E-state index contributed by atoms with van der Waals surface area (Å²) in [6, 6.07) is 30.8. The maximum absolute atomic E-state index is 14.1. The number of alkyl halides is 1. The number of fused-ring (bicyclic) bond motifs is 8. The molecule has 0 saturated carbocycles. The summed E-state index contributed by atoms with van der Waals surface area (Å²) in [6.07, 6.45) is 3.88. The van der Waals surface area contributed by atoms with Crippen molar-refractivity contribution in [3.8, 4) is 0 Å². The zero-order valence-corrected chi connectivity index (χ0v) is 49.6. The molecule has 6 aromatic carbocycles. The molecule has 0 aliphatic carbocycles. The Morgan fingerprint density at radius 2 is 1.07 bits per heavy atom. The number of aldehydes is 1. The number of nitrogens with zero attached hydrogens (tertiary/aromatic N) is 11. The Hall–Kier alpha value is -8.50. The lowest BCUT2D eigenvalue weighted by Gasteiger charge is -2.08. The molecular formula is C56H47BrCl2F2N14O7S2. The standard InChI is InChI=1S/C17H14FN5O2S.C12H11ClN2O2.C10H7ClN2O.C10H8N4.C7H7BrFNO2S/c1-10-2-4-12-14(6-10)21-22-15-8-20-23(17(12)15)9-11-3-5-16(13(18)7-11)26(19,24)25;1-3-17-12(16)11-10(13)8-5-4-7(2)6-9(8)14-15-11;1-6-2-3-7-8(4-6)12-13-9(5-14)10(7)11;1-6-2-3-7-8(4-6)12-13-9-5-11-14-10(7)9;8-4-5-1-2-7(6(9)3-5)13(10,11)12/h2-8H,9H2,1H3,(H2,19,24,25);4-6H,3H2,1-2H3;2-5H,1H3;2-5H,1H3,(H,11,14);1-3H,4H2,(H2,10,11,12). The van der Waals surface area contributed by atoms with Gasteiger partial charge in [-0.05, 0) is 117 Å². The average molecular weight is 1280 g/mol. The first-order chi connectivity index (χ1) is 40.0. The van der Waals surface area contributed by atoms with Crippen molar-refractivity contribution in [3.63, 3.8) is 0 Å². The van der Waals surface area contributed by atoms with Crippen LogP contribution in [0.25, 0.3) is 65.7 Å². The smallest absolute Gasteiger partial charge is 0.360 e. The molecule has 12 rings (SSSR count). The molecule has 430 valence electrons. The van der Waals surface area contributed by atoms with Crippen LogP contribution >= 0.6 is 39.1 Å². The third-order valence-corrected chi connectivity index (χ3v) is 15.5. The predicted octanol–water partition coefficient (Wildman–Crippen LogP) is 10.5. The molecule has 0 unspecified atom stereocenters. The molecule has 12 aromatic rings. The lowest BCUT2D eigenvalue weighted by molar-refractivity contribution is 0.0518. The third-order valence-electron chi connectivity index (χ3n) is 12.2. The largest absolute Gasteiger partial charge is 0.461 e. The van der Waals surface area contributed by atoms with E-state index in [1.54, 1.807) is 24.0 Å². The second-order valence-corrected chi connectivity index (χ2v) is 22.9. The number of rotatable bonds is 8. The highest BCUT2D eigenvalue weighted by Gasteiger charge is 2.19. The van der Waals surface area contributed by atoms with Gasteiger partial charge in [-0.25, -0.2) is 40.7 Å². The molecule has 84 heavy (non-hydrogen) atoms. The molecule has 0 atom stereocenters. The Kier molecular flexibility index (Phi) is 19.3. The van der Waals surface area contributed by atoms with E-state index >= 15 is 0 Å². The lowest BCUT2D eigenvalue weighted by Crippen LogP contribution is -2.14. The van der Waals surface area contributed by atoms with Crippen LogP contribution in [0.15, 0.2) is 131 Å². The Labute approximate surface area is 496 Å². The number of H-pyrrole nitrogens is 1. The van der Waals surface area contributed by atoms with E-state index in [4.69, 9.17) is 38.2 Å². The summed E-state index contributed by atoms with van der Waals surface area (Å²) >= 11 is 15.2. The maximum atomic E-state index is 14.1. The fourth-order valence-corrected chi connectivity index (χ4v) is 10.2. The number of aryl methyl sites for hydroxylation is 4. The Morgan fingerprint density at radius 3 is 1.61 bits per heavy atom. The van der Waals surface area contributed by atoms with Gasteiger partial charge in [0, 0.05) is 26.9 Å². The van der Waals surface area contributed by atoms with Crippen LogP contribution in [0.2, 0.25) is 10.0 Å². The van der Waals surface area contributed by atoms with Crippen molar-refractivity contribution in [1.29, 1.82) is 0 Å². The second kappa shape index (κ2) is 26.4. The van der Waals surface area contributed by atoms with Crippen molar-refractivity contribution in [2.75, 3.05) is 6.61 Å². The first-order valence-electron chi connectivity index (χ1n) is 24.8. The highest BCUT2D eigenvalue weighted by molar-refractivity contribution is 9.08. The van der Waals surface area contributed by atoms with E-state index in [-0.39, 0.29) is 29.6 Å². The van der Waals surface area contributed by atoms with Gasteiger partial charge in [0.15, 0.2) is 12.0 Å². The van der Waals surface area contributed by atoms with E-state index in [0.29, 0.717) is 49.7 Å². The molecule has 0 bridgehead atoms. The van der Waals surface area contributed by atoms with Gasteiger partial charge in [0.2, 0.25) is 20.0 Å². The number of sulfonamides is 2. The number of ether oxygens (including phenoxy) is 1. The van der Waals surface area contributed by atoms with Crippen LogP contribution in [0.1, 0.15) is 61.3 Å². The number of benzene rings is 6. The average Bonchev–Trinajstić information content (AvgIpc) is 4.01. The normalized spacial score (nSPS) is 11.3. The molecule has 0 saturated heterocycles. The lowest BCUT2D eigenvalue weighted by atomic mass is 10.1. The summed E-state index contributed by atoms with van der Waals surface area (Å²) in [5.41, 5.74) is 12.1. The van der Waals surface area contributed by atoms with Crippen molar-refractivity contribution in [2.24, 2.45) is 10.3 Å². The summed E-state index contributed by atoms with van der Waals surface area (Å²) in [5, 5.41) is 57.5. The number of nitrogens with one attached hydrogen (secondary N) is 1. The van der Waals surface area contributed by atoms with E-state index in [0.717, 1.165) is 84.7 Å². The Balaban J connectivity index is 0.000000141. The molecule has 0 aliphatic rings. The van der Waals surface area contributed by atoms with Crippen molar-refractivity contribution in [1.82, 2.24) is 60.8 Å². The number of carbonyl (C=O) groups is 2. The Morgan fingerprint density at radius 1 is 0.607 bits per heavy atom. The number of esters is 1. The predicted molar refractivity (Wildman–Crippen MR) is 319 cm³/mol. The molecule has 0 aliphatic heterocycles. The second-order valence-electron chi connectivity index (χ2n) is 18.5. The zero-order chi connectivity index (χ0) is 60.6. The highest BCUT2D eigenvalue weighted by atomic mass is 79.9. The number of aromatic nitrogens is 12. The summed E-state index contributed by atoms with van der Waals surface area (Å²) in [5.74, 6) is -2.26. The molecule has 6 heterocycles. The number of carbonyl (C=O) groups excluding carboxylic acids is 2. The molecule has 0 radical (unpaired) electrons. The zero-order valence-electron chi connectivity index (χ0n) is 44.9. The molecule has 21 nitrogen and oxygen atoms in total. The van der Waals surface area contributed by atoms with Gasteiger partial charge >= 0.3 is 5.97 Å². The SMILES string of the molecule is CCOC(=O)c1nnc2cc(C)ccc2c1Cl.Cc1ccc2c(Cl)c(C=O)nnc2c1.Cc1ccc2c(c1)nnc1cn[nH]c12.Cc1ccc2c(c1)nnc1cnn(Cc3ccc(S(N)(=O)=O)c(F)c3)c12.NS(=O)(=O)c1ccc(CBr)cc1F. The molecule has 0 spiro atoms. The van der Waals surface area contributed by atoms with E-state index in [1.165, 1.54) is 17.7 Å². The van der Waals surface area contributed by atoms with Crippen LogP contribution in [0.3, 0.4) is 0 Å². The highest BCUT2D eigenvalue weighted by Crippen LogP contribution is 2.28. The van der Waals surface area contributed by atoms with Gasteiger partial charge in [-0.1, -0.05) is 99.8 Å². The minimum absolute atomic E-state index is 0.0601. The van der Waals surface area contributed by atoms with Crippen molar-refractivity contribution in [3.05, 3.63) is 188 Å². The summed E-state index contributed by atoms with van der Waals surface area (Å²) in [4.78, 5) is 21.1. The summed E-state index contributed by atoms with van der Waals surface area (Å²) < 4.78 is 77.9. The van der Waals surface area contributed by atoms with Crippen LogP contribution in [0.5, 0.6) is 0 Å². The number of aromatic amines is 1. The van der Waals surface area contributed by atoms with Gasteiger partial charge in [0.1, 0.15) is 38.2 Å². The molecule has 6 aromatic heterocycles. The van der Waals surface area contributed by atoms with Gasteiger partial charge < -0.3 is 4.74 Å². The van der Waals surface area contributed by atoms with Crippen LogP contribution < -0.4 is 10.3 Å². The van der Waals surface area contributed by atoms with Crippen LogP contribution in [-0.2, 0) is 36.7 Å². The summed E-state index contributed by atoms with van der Waals surface area (Å²) in [6.45, 7) is 10.2. The molecule has 5 N–H and O–H groups in total. The minimum atomic E-state index is -4.10. The van der Waals surface area contributed by atoms with E-state index in [1.807, 2.05) is 94.4 Å². The third kappa shape index (κ3) is 14.5. The van der Waals surface area contributed by atoms with E-state index in [2.05, 4.69) is 78.1 Å².